The highest BCUT2D eigenvalue weighted by Crippen LogP contribution is 2.31. The van der Waals surface area contributed by atoms with E-state index in [-0.39, 0.29) is 24.3 Å². The number of ether oxygens (including phenoxy) is 2. The number of likely N-dealkylation sites (tertiary alicyclic amines) is 1. The molecule has 2 saturated heterocycles. The number of benzene rings is 2. The summed E-state index contributed by atoms with van der Waals surface area (Å²) in [6.07, 6.45) is 7.91. The van der Waals surface area contributed by atoms with E-state index in [4.69, 9.17) is 14.5 Å². The molecule has 3 aliphatic heterocycles. The molecule has 0 bridgehead atoms. The topological polar surface area (TPSA) is 101 Å². The van der Waals surface area contributed by atoms with E-state index in [2.05, 4.69) is 34.5 Å². The highest BCUT2D eigenvalue weighted by Gasteiger charge is 2.39. The van der Waals surface area contributed by atoms with Gasteiger partial charge in [0.25, 0.3) is 5.91 Å². The number of hydrogen-bond donors (Lipinski definition) is 1. The second-order valence-corrected chi connectivity index (χ2v) is 12.0. The van der Waals surface area contributed by atoms with Gasteiger partial charge in [-0.2, -0.15) is 0 Å². The van der Waals surface area contributed by atoms with Crippen molar-refractivity contribution in [3.63, 3.8) is 0 Å². The Hall–Kier alpha value is -3.98. The summed E-state index contributed by atoms with van der Waals surface area (Å²) in [5.41, 5.74) is 3.66. The number of aromatic nitrogens is 1. The molecule has 9 heteroatoms. The van der Waals surface area contributed by atoms with Crippen LogP contribution in [0.15, 0.2) is 48.5 Å². The van der Waals surface area contributed by atoms with Crippen molar-refractivity contribution in [1.82, 2.24) is 20.1 Å². The molecule has 0 radical (unpaired) electrons. The Morgan fingerprint density at radius 2 is 1.76 bits per heavy atom. The number of fused-ring (bicyclic) bond motifs is 2. The van der Waals surface area contributed by atoms with Gasteiger partial charge >= 0.3 is 0 Å². The van der Waals surface area contributed by atoms with Gasteiger partial charge in [0.15, 0.2) is 0 Å². The normalized spacial score (nSPS) is 23.3. The van der Waals surface area contributed by atoms with Gasteiger partial charge in [-0.25, -0.2) is 4.98 Å². The molecule has 0 spiro atoms. The summed E-state index contributed by atoms with van der Waals surface area (Å²) in [5, 5.41) is 3.47. The number of nitrogens with zero attached hydrogens (tertiary/aromatic N) is 3. The lowest BCUT2D eigenvalue weighted by atomic mass is 9.98. The first-order chi connectivity index (χ1) is 20.5. The van der Waals surface area contributed by atoms with Gasteiger partial charge in [-0.05, 0) is 86.1 Å². The molecule has 3 amide bonds. The number of piperidine rings is 1. The van der Waals surface area contributed by atoms with E-state index in [1.807, 2.05) is 18.2 Å². The predicted molar refractivity (Wildman–Crippen MR) is 156 cm³/mol. The fourth-order valence-electron chi connectivity index (χ4n) is 6.79. The summed E-state index contributed by atoms with van der Waals surface area (Å²) in [7, 11) is 0. The molecule has 1 unspecified atom stereocenters. The van der Waals surface area contributed by atoms with E-state index >= 15 is 0 Å². The van der Waals surface area contributed by atoms with E-state index in [1.165, 1.54) is 24.8 Å². The largest absolute Gasteiger partial charge is 0.489 e. The minimum atomic E-state index is -0.613. The van der Waals surface area contributed by atoms with Crippen LogP contribution in [0.2, 0.25) is 0 Å². The zero-order valence-electron chi connectivity index (χ0n) is 23.7. The molecule has 9 nitrogen and oxygen atoms in total. The van der Waals surface area contributed by atoms with E-state index < -0.39 is 11.9 Å². The van der Waals surface area contributed by atoms with Crippen LogP contribution in [-0.2, 0) is 22.7 Å². The summed E-state index contributed by atoms with van der Waals surface area (Å²) in [5.74, 6) is 0.610. The molecule has 218 valence electrons. The first-order valence-electron chi connectivity index (χ1n) is 15.2. The van der Waals surface area contributed by atoms with Crippen LogP contribution in [0.1, 0.15) is 72.9 Å². The SMILES string of the molecule is O=C1CCC(N2Cc3cc(O[C@H]4CCN(Cc5ccc6nc(OC7CCCCC7)ccc6c5)C4)ccc3C2=O)C(=O)N1. The molecule has 42 heavy (non-hydrogen) atoms. The zero-order chi connectivity index (χ0) is 28.6. The van der Waals surface area contributed by atoms with Gasteiger partial charge in [0, 0.05) is 49.6 Å². The molecular formula is C33H36N4O5. The average Bonchev–Trinajstić information content (AvgIpc) is 3.56. The van der Waals surface area contributed by atoms with Crippen molar-refractivity contribution < 1.29 is 23.9 Å². The van der Waals surface area contributed by atoms with Crippen molar-refractivity contribution in [3.8, 4) is 11.6 Å². The van der Waals surface area contributed by atoms with Crippen LogP contribution in [0.3, 0.4) is 0 Å². The number of carbonyl (C=O) groups is 3. The third-order valence-electron chi connectivity index (χ3n) is 9.00. The number of nitrogens with one attached hydrogen (secondary N) is 1. The zero-order valence-corrected chi connectivity index (χ0v) is 23.7. The van der Waals surface area contributed by atoms with Gasteiger partial charge in [0.05, 0.1) is 5.52 Å². The van der Waals surface area contributed by atoms with Crippen LogP contribution >= 0.6 is 0 Å². The number of pyridine rings is 1. The Labute approximate surface area is 245 Å². The second kappa shape index (κ2) is 11.4. The Kier molecular flexibility index (Phi) is 7.27. The molecule has 7 rings (SSSR count). The van der Waals surface area contributed by atoms with Gasteiger partial charge in [0.2, 0.25) is 17.7 Å². The number of rotatable bonds is 7. The molecule has 1 N–H and O–H groups in total. The summed E-state index contributed by atoms with van der Waals surface area (Å²) < 4.78 is 12.5. The van der Waals surface area contributed by atoms with Crippen LogP contribution < -0.4 is 14.8 Å². The minimum absolute atomic E-state index is 0.0630. The first-order valence-corrected chi connectivity index (χ1v) is 15.2. The van der Waals surface area contributed by atoms with Crippen molar-refractivity contribution >= 4 is 28.6 Å². The molecule has 4 aliphatic rings. The van der Waals surface area contributed by atoms with Crippen molar-refractivity contribution in [3.05, 3.63) is 65.2 Å². The van der Waals surface area contributed by atoms with Crippen LogP contribution in [0.5, 0.6) is 11.6 Å². The monoisotopic (exact) mass is 568 g/mol. The molecule has 1 aliphatic carbocycles. The second-order valence-electron chi connectivity index (χ2n) is 12.0. The Bertz CT molecular complexity index is 1530. The average molecular weight is 569 g/mol. The van der Waals surface area contributed by atoms with Gasteiger partial charge in [-0.15, -0.1) is 0 Å². The third kappa shape index (κ3) is 5.57. The van der Waals surface area contributed by atoms with Gasteiger partial charge in [-0.1, -0.05) is 12.5 Å². The number of carbonyl (C=O) groups excluding carboxylic acids is 3. The molecule has 1 aromatic heterocycles. The van der Waals surface area contributed by atoms with Crippen molar-refractivity contribution in [2.45, 2.75) is 82.7 Å². The van der Waals surface area contributed by atoms with E-state index in [0.29, 0.717) is 24.6 Å². The molecule has 2 atom stereocenters. The molecule has 1 saturated carbocycles. The Morgan fingerprint density at radius 1 is 0.881 bits per heavy atom. The maximum absolute atomic E-state index is 13.0. The van der Waals surface area contributed by atoms with Crippen LogP contribution in [0, 0.1) is 0 Å². The molecule has 3 fully saturated rings. The van der Waals surface area contributed by atoms with Crippen molar-refractivity contribution in [2.24, 2.45) is 0 Å². The quantitative estimate of drug-likeness (QED) is 0.423. The van der Waals surface area contributed by atoms with Crippen molar-refractivity contribution in [1.29, 1.82) is 0 Å². The summed E-state index contributed by atoms with van der Waals surface area (Å²) in [6.45, 7) is 2.96. The van der Waals surface area contributed by atoms with Gasteiger partial charge < -0.3 is 14.4 Å². The standard InChI is InChI=1S/C33H36N4O5/c38-30-12-11-29(32(39)35-30)37-19-23-17-25(8-9-27(23)33(37)40)41-26-14-15-36(20-26)18-21-6-10-28-22(16-21)7-13-31(34-28)42-24-4-2-1-3-5-24/h6-10,13,16-17,24,26,29H,1-5,11-12,14-15,18-20H2,(H,35,38,39)/t26-,29?/m0/s1. The third-order valence-corrected chi connectivity index (χ3v) is 9.00. The smallest absolute Gasteiger partial charge is 0.255 e. The number of amides is 3. The van der Waals surface area contributed by atoms with E-state index in [0.717, 1.165) is 67.0 Å². The maximum Gasteiger partial charge on any atom is 0.255 e. The maximum atomic E-state index is 13.0. The van der Waals surface area contributed by atoms with Crippen LogP contribution in [0.25, 0.3) is 10.9 Å². The lowest BCUT2D eigenvalue weighted by Gasteiger charge is -2.29. The number of imide groups is 1. The van der Waals surface area contributed by atoms with Crippen LogP contribution in [0.4, 0.5) is 0 Å². The van der Waals surface area contributed by atoms with Gasteiger partial charge in [-0.3, -0.25) is 24.6 Å². The van der Waals surface area contributed by atoms with Crippen molar-refractivity contribution in [2.75, 3.05) is 13.1 Å². The lowest BCUT2D eigenvalue weighted by molar-refractivity contribution is -0.136. The minimum Gasteiger partial charge on any atom is -0.489 e. The Balaban J connectivity index is 0.943. The summed E-state index contributed by atoms with van der Waals surface area (Å²) in [4.78, 5) is 45.6. The fraction of sp³-hybridized carbons (Fsp3) is 0.455. The first kappa shape index (κ1) is 26.9. The Morgan fingerprint density at radius 3 is 2.62 bits per heavy atom. The highest BCUT2D eigenvalue weighted by molar-refractivity contribution is 6.05. The van der Waals surface area contributed by atoms with Gasteiger partial charge in [0.1, 0.15) is 24.0 Å². The predicted octanol–water partition coefficient (Wildman–Crippen LogP) is 4.36. The van der Waals surface area contributed by atoms with E-state index in [9.17, 15) is 14.4 Å². The summed E-state index contributed by atoms with van der Waals surface area (Å²) >= 11 is 0. The number of hydrogen-bond acceptors (Lipinski definition) is 7. The highest BCUT2D eigenvalue weighted by atomic mass is 16.5. The molecule has 4 heterocycles. The molecular weight excluding hydrogens is 532 g/mol. The lowest BCUT2D eigenvalue weighted by Crippen LogP contribution is -2.52. The van der Waals surface area contributed by atoms with E-state index in [1.54, 1.807) is 11.0 Å². The van der Waals surface area contributed by atoms with Crippen LogP contribution in [-0.4, -0.2) is 63.8 Å². The summed E-state index contributed by atoms with van der Waals surface area (Å²) in [6, 6.07) is 15.5. The molecule has 2 aromatic carbocycles. The fourth-order valence-corrected chi connectivity index (χ4v) is 6.79. The molecule has 3 aromatic rings.